The monoisotopic (exact) mass is 428 g/mol. The van der Waals surface area contributed by atoms with E-state index in [0.29, 0.717) is 17.7 Å². The fourth-order valence-corrected chi connectivity index (χ4v) is 5.64. The van der Waals surface area contributed by atoms with E-state index in [2.05, 4.69) is 0 Å². The van der Waals surface area contributed by atoms with E-state index in [-0.39, 0.29) is 29.1 Å². The molecule has 0 radical (unpaired) electrons. The molecule has 1 aliphatic carbocycles. The molecule has 0 aromatic carbocycles. The Morgan fingerprint density at radius 2 is 1.42 bits per heavy atom. The average Bonchev–Trinajstić information content (AvgIpc) is 2.51. The van der Waals surface area contributed by atoms with Gasteiger partial charge in [-0.05, 0) is 24.7 Å². The number of hydrogen-bond acceptors (Lipinski definition) is 5. The highest BCUT2D eigenvalue weighted by Crippen LogP contribution is 2.37. The second-order valence-corrected chi connectivity index (χ2v) is 10.1. The molecular weight excluding hydrogens is 411 g/mol. The van der Waals surface area contributed by atoms with Gasteiger partial charge in [-0.2, -0.15) is 22.0 Å². The number of rotatable bonds is 4. The zero-order valence-corrected chi connectivity index (χ0v) is 14.9. The Morgan fingerprint density at radius 3 is 1.96 bits per heavy atom. The third-order valence-electron chi connectivity index (χ3n) is 4.69. The van der Waals surface area contributed by atoms with Gasteiger partial charge in [0.15, 0.2) is 0 Å². The van der Waals surface area contributed by atoms with E-state index in [9.17, 15) is 43.6 Å². The van der Waals surface area contributed by atoms with Crippen LogP contribution in [0.25, 0.3) is 0 Å². The molecule has 1 aliphatic heterocycles. The van der Waals surface area contributed by atoms with Crippen molar-refractivity contribution in [1.29, 1.82) is 0 Å². The molecule has 2 rings (SSSR count). The standard InChI is InChI=1S/C12H17F5N2O5S2/c13-11(14,25(21,22)18-26(23,24)12(15,16)17)10(20)19-6-5-8-3-1-2-4-9(8)7-19/h8-9,18H,1-7H2. The summed E-state index contributed by atoms with van der Waals surface area (Å²) < 4.78 is 109. The van der Waals surface area contributed by atoms with Gasteiger partial charge in [0.05, 0.1) is 0 Å². The van der Waals surface area contributed by atoms with Crippen molar-refractivity contribution < 1.29 is 43.6 Å². The molecule has 0 aromatic heterocycles. The second-order valence-electron chi connectivity index (χ2n) is 6.40. The summed E-state index contributed by atoms with van der Waals surface area (Å²) >= 11 is 0. The van der Waals surface area contributed by atoms with E-state index in [4.69, 9.17) is 0 Å². The summed E-state index contributed by atoms with van der Waals surface area (Å²) in [5, 5.41) is -5.35. The molecule has 1 N–H and O–H groups in total. The number of fused-ring (bicyclic) bond motifs is 1. The number of likely N-dealkylation sites (tertiary alicyclic amines) is 1. The summed E-state index contributed by atoms with van der Waals surface area (Å²) in [6.07, 6.45) is 3.73. The Hall–Kier alpha value is -1.02. The Balaban J connectivity index is 2.18. The lowest BCUT2D eigenvalue weighted by Crippen LogP contribution is -2.57. The minimum Gasteiger partial charge on any atom is -0.336 e. The molecule has 1 saturated heterocycles. The van der Waals surface area contributed by atoms with Crippen molar-refractivity contribution in [3.05, 3.63) is 0 Å². The zero-order valence-electron chi connectivity index (χ0n) is 13.3. The Bertz CT molecular complexity index is 765. The van der Waals surface area contributed by atoms with Gasteiger partial charge in [-0.25, -0.2) is 16.8 Å². The minimum absolute atomic E-state index is 0.0889. The van der Waals surface area contributed by atoms with E-state index in [0.717, 1.165) is 19.3 Å². The van der Waals surface area contributed by atoms with Crippen LogP contribution in [0, 0.1) is 11.8 Å². The van der Waals surface area contributed by atoms with Crippen molar-refractivity contribution in [2.24, 2.45) is 11.8 Å². The summed E-state index contributed by atoms with van der Waals surface area (Å²) in [5.41, 5.74) is -6.13. The topological polar surface area (TPSA) is 101 Å². The van der Waals surface area contributed by atoms with E-state index in [1.54, 1.807) is 0 Å². The van der Waals surface area contributed by atoms with Crippen molar-refractivity contribution in [1.82, 2.24) is 9.03 Å². The van der Waals surface area contributed by atoms with Gasteiger partial charge in [-0.3, -0.25) is 4.79 Å². The van der Waals surface area contributed by atoms with Crippen LogP contribution in [0.5, 0.6) is 0 Å². The van der Waals surface area contributed by atoms with Crippen LogP contribution < -0.4 is 4.13 Å². The summed E-state index contributed by atoms with van der Waals surface area (Å²) in [5.74, 6) is -2.10. The quantitative estimate of drug-likeness (QED) is 0.682. The normalized spacial score (nSPS) is 25.7. The van der Waals surface area contributed by atoms with Gasteiger partial charge >= 0.3 is 36.7 Å². The van der Waals surface area contributed by atoms with Gasteiger partial charge in [-0.1, -0.05) is 23.4 Å². The highest BCUT2D eigenvalue weighted by Gasteiger charge is 2.60. The molecule has 1 saturated carbocycles. The molecule has 2 aliphatic rings. The lowest BCUT2D eigenvalue weighted by molar-refractivity contribution is -0.150. The molecule has 2 atom stereocenters. The number of carbonyl (C=O) groups is 1. The van der Waals surface area contributed by atoms with Crippen molar-refractivity contribution in [2.75, 3.05) is 13.1 Å². The summed E-state index contributed by atoms with van der Waals surface area (Å²) in [6.45, 7) is -0.308. The molecule has 7 nitrogen and oxygen atoms in total. The Labute approximate surface area is 147 Å². The first-order chi connectivity index (χ1) is 11.7. The number of piperidine rings is 1. The summed E-state index contributed by atoms with van der Waals surface area (Å²) in [7, 11) is -13.1. The smallest absolute Gasteiger partial charge is 0.336 e. The first-order valence-electron chi connectivity index (χ1n) is 7.70. The van der Waals surface area contributed by atoms with Crippen LogP contribution in [0.3, 0.4) is 0 Å². The maximum Gasteiger partial charge on any atom is 0.512 e. The SMILES string of the molecule is O=C(N1CCC2CCCCC2C1)C(F)(F)S(=O)(=O)NS(=O)(=O)C(F)(F)F. The number of halogens is 5. The number of hydrogen-bond donors (Lipinski definition) is 1. The number of nitrogens with one attached hydrogen (secondary N) is 1. The van der Waals surface area contributed by atoms with Crippen LogP contribution in [0.4, 0.5) is 22.0 Å². The molecule has 26 heavy (non-hydrogen) atoms. The summed E-state index contributed by atoms with van der Waals surface area (Å²) in [4.78, 5) is 12.5. The molecular formula is C12H17F5N2O5S2. The first kappa shape index (κ1) is 21.3. The van der Waals surface area contributed by atoms with Crippen LogP contribution in [0.15, 0.2) is 0 Å². The molecule has 2 unspecified atom stereocenters. The molecule has 0 bridgehead atoms. The fourth-order valence-electron chi connectivity index (χ4n) is 3.33. The van der Waals surface area contributed by atoms with E-state index >= 15 is 0 Å². The summed E-state index contributed by atoms with van der Waals surface area (Å²) in [6, 6.07) is 0. The third-order valence-corrected chi connectivity index (χ3v) is 7.90. The van der Waals surface area contributed by atoms with Crippen molar-refractivity contribution in [2.45, 2.75) is 42.9 Å². The van der Waals surface area contributed by atoms with E-state index in [1.165, 1.54) is 0 Å². The fraction of sp³-hybridized carbons (Fsp3) is 0.917. The van der Waals surface area contributed by atoms with Gasteiger partial charge in [0, 0.05) is 13.1 Å². The van der Waals surface area contributed by atoms with E-state index < -0.39 is 36.7 Å². The largest absolute Gasteiger partial charge is 0.512 e. The van der Waals surface area contributed by atoms with Crippen LogP contribution in [0.1, 0.15) is 32.1 Å². The van der Waals surface area contributed by atoms with Gasteiger partial charge < -0.3 is 4.90 Å². The van der Waals surface area contributed by atoms with Gasteiger partial charge in [0.2, 0.25) is 0 Å². The number of sulfonamides is 2. The molecule has 1 amide bonds. The number of alkyl halides is 5. The maximum atomic E-state index is 14.0. The predicted molar refractivity (Wildman–Crippen MR) is 78.6 cm³/mol. The molecule has 1 heterocycles. The highest BCUT2D eigenvalue weighted by atomic mass is 32.3. The number of nitrogens with zero attached hydrogens (tertiary/aromatic N) is 1. The average molecular weight is 428 g/mol. The van der Waals surface area contributed by atoms with E-state index in [1.807, 2.05) is 0 Å². The molecule has 2 fully saturated rings. The second kappa shape index (κ2) is 6.86. The third kappa shape index (κ3) is 3.96. The van der Waals surface area contributed by atoms with Gasteiger partial charge in [0.1, 0.15) is 0 Å². The predicted octanol–water partition coefficient (Wildman–Crippen LogP) is 1.39. The van der Waals surface area contributed by atoms with Crippen molar-refractivity contribution >= 4 is 26.0 Å². The van der Waals surface area contributed by atoms with Crippen molar-refractivity contribution in [3.8, 4) is 0 Å². The number of carbonyl (C=O) groups excluding carboxylic acids is 1. The zero-order chi connectivity index (χ0) is 20.0. The van der Waals surface area contributed by atoms with Crippen LogP contribution >= 0.6 is 0 Å². The first-order valence-corrected chi connectivity index (χ1v) is 10.7. The molecule has 14 heteroatoms. The molecule has 0 spiro atoms. The maximum absolute atomic E-state index is 14.0. The van der Waals surface area contributed by atoms with Gasteiger partial charge in [-0.15, -0.1) is 0 Å². The van der Waals surface area contributed by atoms with Crippen LogP contribution in [-0.4, -0.2) is 51.5 Å². The number of amides is 1. The van der Waals surface area contributed by atoms with Crippen molar-refractivity contribution in [3.63, 3.8) is 0 Å². The minimum atomic E-state index is -6.61. The molecule has 152 valence electrons. The van der Waals surface area contributed by atoms with Crippen LogP contribution in [-0.2, 0) is 24.8 Å². The lowest BCUT2D eigenvalue weighted by atomic mass is 9.75. The van der Waals surface area contributed by atoms with Gasteiger partial charge in [0.25, 0.3) is 0 Å². The molecule has 0 aromatic rings. The Kier molecular flexibility index (Phi) is 5.61. The highest BCUT2D eigenvalue weighted by molar-refractivity contribution is 8.05. The Morgan fingerprint density at radius 1 is 0.885 bits per heavy atom. The van der Waals surface area contributed by atoms with Crippen LogP contribution in [0.2, 0.25) is 0 Å². The lowest BCUT2D eigenvalue weighted by Gasteiger charge is -2.41.